The molecule has 0 saturated heterocycles. The second-order valence-corrected chi connectivity index (χ2v) is 5.08. The summed E-state index contributed by atoms with van der Waals surface area (Å²) in [5.74, 6) is 1.87. The van der Waals surface area contributed by atoms with E-state index in [1.165, 1.54) is 6.39 Å². The Morgan fingerprint density at radius 1 is 1.26 bits per heavy atom. The minimum atomic E-state index is -0.310. The lowest BCUT2D eigenvalue weighted by Gasteiger charge is -2.09. The number of carbonyl (C=O) groups is 1. The Morgan fingerprint density at radius 3 is 2.70 bits per heavy atom. The number of aromatic nitrogens is 1. The molecule has 118 valence electrons. The van der Waals surface area contributed by atoms with Crippen LogP contribution in [0.3, 0.4) is 0 Å². The fourth-order valence-corrected chi connectivity index (χ4v) is 2.20. The quantitative estimate of drug-likeness (QED) is 0.792. The molecule has 1 aromatic carbocycles. The molecule has 2 aromatic heterocycles. The molecule has 23 heavy (non-hydrogen) atoms. The number of furan rings is 1. The number of nitrogens with one attached hydrogen (secondary N) is 1. The normalized spacial score (nSPS) is 10.6. The molecule has 0 unspecified atom stereocenters. The van der Waals surface area contributed by atoms with Crippen LogP contribution >= 0.6 is 0 Å². The summed E-state index contributed by atoms with van der Waals surface area (Å²) in [6.07, 6.45) is 2.95. The second-order valence-electron chi connectivity index (χ2n) is 5.08. The summed E-state index contributed by atoms with van der Waals surface area (Å²) in [6, 6.07) is 7.00. The van der Waals surface area contributed by atoms with Crippen molar-refractivity contribution in [3.8, 4) is 17.1 Å². The van der Waals surface area contributed by atoms with Gasteiger partial charge in [0.25, 0.3) is 5.91 Å². The molecule has 0 bridgehead atoms. The lowest BCUT2D eigenvalue weighted by Crippen LogP contribution is -2.11. The summed E-state index contributed by atoms with van der Waals surface area (Å²) in [5.41, 5.74) is 2.29. The number of aryl methyl sites for hydroxylation is 2. The molecule has 0 spiro atoms. The average molecular weight is 312 g/mol. The van der Waals surface area contributed by atoms with E-state index in [0.717, 1.165) is 16.9 Å². The van der Waals surface area contributed by atoms with Gasteiger partial charge in [-0.2, -0.15) is 0 Å². The third-order valence-corrected chi connectivity index (χ3v) is 3.55. The molecular weight excluding hydrogens is 296 g/mol. The highest BCUT2D eigenvalue weighted by Crippen LogP contribution is 2.32. The molecule has 6 heteroatoms. The maximum atomic E-state index is 12.2. The van der Waals surface area contributed by atoms with Crippen molar-refractivity contribution in [1.29, 1.82) is 0 Å². The second kappa shape index (κ2) is 6.00. The molecule has 0 aliphatic heterocycles. The van der Waals surface area contributed by atoms with E-state index >= 15 is 0 Å². The highest BCUT2D eigenvalue weighted by atomic mass is 16.5. The first-order chi connectivity index (χ1) is 11.1. The van der Waals surface area contributed by atoms with Crippen LogP contribution < -0.4 is 10.1 Å². The third-order valence-electron chi connectivity index (χ3n) is 3.55. The number of amides is 1. The number of hydrogen-bond acceptors (Lipinski definition) is 5. The van der Waals surface area contributed by atoms with Gasteiger partial charge in [-0.1, -0.05) is 0 Å². The molecule has 0 aliphatic carbocycles. The standard InChI is InChI=1S/C17H16N2O4/c1-10-6-15(23-11(10)2)17(20)19-12-4-5-13(14(7-12)21-3)16-8-18-9-22-16/h4-9H,1-3H3,(H,19,20). The summed E-state index contributed by atoms with van der Waals surface area (Å²) in [5, 5.41) is 2.79. The largest absolute Gasteiger partial charge is 0.496 e. The first kappa shape index (κ1) is 14.9. The van der Waals surface area contributed by atoms with Gasteiger partial charge in [0.15, 0.2) is 17.9 Å². The number of oxazole rings is 1. The minimum Gasteiger partial charge on any atom is -0.496 e. The van der Waals surface area contributed by atoms with E-state index in [1.807, 2.05) is 13.8 Å². The predicted octanol–water partition coefficient (Wildman–Crippen LogP) is 3.81. The topological polar surface area (TPSA) is 77.5 Å². The molecular formula is C17H16N2O4. The Labute approximate surface area is 133 Å². The van der Waals surface area contributed by atoms with Gasteiger partial charge >= 0.3 is 0 Å². The molecule has 0 saturated carbocycles. The number of nitrogens with zero attached hydrogens (tertiary/aromatic N) is 1. The van der Waals surface area contributed by atoms with Crippen LogP contribution in [0.5, 0.6) is 5.75 Å². The molecule has 0 aliphatic rings. The van der Waals surface area contributed by atoms with Crippen molar-refractivity contribution >= 4 is 11.6 Å². The molecule has 3 aromatic rings. The summed E-state index contributed by atoms with van der Waals surface area (Å²) in [7, 11) is 1.56. The highest BCUT2D eigenvalue weighted by molar-refractivity contribution is 6.02. The van der Waals surface area contributed by atoms with Crippen LogP contribution in [-0.2, 0) is 0 Å². The SMILES string of the molecule is COc1cc(NC(=O)c2cc(C)c(C)o2)ccc1-c1cnco1. The Balaban J connectivity index is 1.85. The van der Waals surface area contributed by atoms with Crippen LogP contribution in [0.4, 0.5) is 5.69 Å². The van der Waals surface area contributed by atoms with E-state index in [9.17, 15) is 4.79 Å². The molecule has 0 radical (unpaired) electrons. The van der Waals surface area contributed by atoms with Gasteiger partial charge in [-0.05, 0) is 37.6 Å². The zero-order chi connectivity index (χ0) is 16.4. The molecule has 6 nitrogen and oxygen atoms in total. The minimum absolute atomic E-state index is 0.276. The van der Waals surface area contributed by atoms with Crippen molar-refractivity contribution in [3.05, 3.63) is 53.9 Å². The van der Waals surface area contributed by atoms with E-state index in [1.54, 1.807) is 37.6 Å². The Morgan fingerprint density at radius 2 is 2.09 bits per heavy atom. The van der Waals surface area contributed by atoms with Gasteiger partial charge in [0.2, 0.25) is 0 Å². The maximum Gasteiger partial charge on any atom is 0.291 e. The van der Waals surface area contributed by atoms with Gasteiger partial charge in [-0.25, -0.2) is 4.98 Å². The smallest absolute Gasteiger partial charge is 0.291 e. The van der Waals surface area contributed by atoms with Crippen molar-refractivity contribution in [2.75, 3.05) is 12.4 Å². The van der Waals surface area contributed by atoms with E-state index < -0.39 is 0 Å². The van der Waals surface area contributed by atoms with E-state index in [-0.39, 0.29) is 11.7 Å². The number of ether oxygens (including phenoxy) is 1. The van der Waals surface area contributed by atoms with Crippen LogP contribution in [0.25, 0.3) is 11.3 Å². The van der Waals surface area contributed by atoms with Gasteiger partial charge in [0.05, 0.1) is 18.9 Å². The molecule has 0 fully saturated rings. The van der Waals surface area contributed by atoms with Crippen molar-refractivity contribution < 1.29 is 18.4 Å². The van der Waals surface area contributed by atoms with Crippen molar-refractivity contribution in [1.82, 2.24) is 4.98 Å². The molecule has 2 heterocycles. The van der Waals surface area contributed by atoms with Crippen molar-refractivity contribution in [3.63, 3.8) is 0 Å². The van der Waals surface area contributed by atoms with Gasteiger partial charge in [0, 0.05) is 11.8 Å². The zero-order valence-electron chi connectivity index (χ0n) is 13.0. The molecule has 0 atom stereocenters. The summed E-state index contributed by atoms with van der Waals surface area (Å²) in [6.45, 7) is 3.71. The summed E-state index contributed by atoms with van der Waals surface area (Å²) in [4.78, 5) is 16.1. The predicted molar refractivity (Wildman–Crippen MR) is 84.6 cm³/mol. The van der Waals surface area contributed by atoms with E-state index in [0.29, 0.717) is 17.2 Å². The lowest BCUT2D eigenvalue weighted by molar-refractivity contribution is 0.0995. The first-order valence-electron chi connectivity index (χ1n) is 7.04. The van der Waals surface area contributed by atoms with Crippen LogP contribution in [0, 0.1) is 13.8 Å². The monoisotopic (exact) mass is 312 g/mol. The van der Waals surface area contributed by atoms with Crippen LogP contribution in [-0.4, -0.2) is 18.0 Å². The Bertz CT molecular complexity index is 815. The fraction of sp³-hybridized carbons (Fsp3) is 0.176. The van der Waals surface area contributed by atoms with Crippen LogP contribution in [0.15, 0.2) is 45.7 Å². The van der Waals surface area contributed by atoms with Crippen molar-refractivity contribution in [2.24, 2.45) is 0 Å². The van der Waals surface area contributed by atoms with Gasteiger partial charge < -0.3 is 18.9 Å². The van der Waals surface area contributed by atoms with Gasteiger partial charge in [-0.3, -0.25) is 4.79 Å². The number of benzene rings is 1. The number of carbonyl (C=O) groups excluding carboxylic acids is 1. The van der Waals surface area contributed by atoms with E-state index in [4.69, 9.17) is 13.6 Å². The van der Waals surface area contributed by atoms with Crippen LogP contribution in [0.2, 0.25) is 0 Å². The van der Waals surface area contributed by atoms with Gasteiger partial charge in [-0.15, -0.1) is 0 Å². The molecule has 1 N–H and O–H groups in total. The zero-order valence-corrected chi connectivity index (χ0v) is 13.0. The number of hydrogen-bond donors (Lipinski definition) is 1. The van der Waals surface area contributed by atoms with Gasteiger partial charge in [0.1, 0.15) is 11.5 Å². The average Bonchev–Trinajstić information content (AvgIpc) is 3.18. The van der Waals surface area contributed by atoms with E-state index in [2.05, 4.69) is 10.3 Å². The number of rotatable bonds is 4. The lowest BCUT2D eigenvalue weighted by atomic mass is 10.1. The summed E-state index contributed by atoms with van der Waals surface area (Å²) < 4.78 is 16.1. The highest BCUT2D eigenvalue weighted by Gasteiger charge is 2.15. The van der Waals surface area contributed by atoms with Crippen LogP contribution in [0.1, 0.15) is 21.9 Å². The van der Waals surface area contributed by atoms with Crippen molar-refractivity contribution in [2.45, 2.75) is 13.8 Å². The number of anilines is 1. The summed E-state index contributed by atoms with van der Waals surface area (Å²) >= 11 is 0. The maximum absolute atomic E-state index is 12.2. The molecule has 3 rings (SSSR count). The third kappa shape index (κ3) is 2.96. The Kier molecular flexibility index (Phi) is 3.89. The number of methoxy groups -OCH3 is 1. The molecule has 1 amide bonds. The fourth-order valence-electron chi connectivity index (χ4n) is 2.20. The first-order valence-corrected chi connectivity index (χ1v) is 7.04. The Hall–Kier alpha value is -3.02.